The molecule has 5 rings (SSSR count). The van der Waals surface area contributed by atoms with Crippen molar-refractivity contribution in [3.05, 3.63) is 64.2 Å². The largest absolute Gasteiger partial charge is 0.420 e. The van der Waals surface area contributed by atoms with Gasteiger partial charge in [-0.2, -0.15) is 4.98 Å². The molecule has 1 aliphatic rings. The van der Waals surface area contributed by atoms with E-state index in [9.17, 15) is 14.4 Å². The van der Waals surface area contributed by atoms with Crippen molar-refractivity contribution >= 4 is 22.9 Å². The van der Waals surface area contributed by atoms with Gasteiger partial charge in [-0.1, -0.05) is 11.2 Å². The molecule has 4 aromatic rings. The number of hydrogen-bond acceptors (Lipinski definition) is 8. The highest BCUT2D eigenvalue weighted by atomic mass is 16.5. The van der Waals surface area contributed by atoms with Crippen LogP contribution in [0.25, 0.3) is 22.5 Å². The van der Waals surface area contributed by atoms with Crippen LogP contribution in [0.2, 0.25) is 0 Å². The highest BCUT2D eigenvalue weighted by molar-refractivity contribution is 6.00. The lowest BCUT2D eigenvalue weighted by Crippen LogP contribution is -2.43. The van der Waals surface area contributed by atoms with Gasteiger partial charge in [-0.15, -0.1) is 0 Å². The van der Waals surface area contributed by atoms with E-state index in [0.717, 1.165) is 16.8 Å². The Morgan fingerprint density at radius 3 is 2.87 bits per heavy atom. The maximum Gasteiger partial charge on any atom is 0.420 e. The zero-order chi connectivity index (χ0) is 21.5. The maximum atomic E-state index is 12.4. The highest BCUT2D eigenvalue weighted by Crippen LogP contribution is 2.25. The number of carbonyl (C=O) groups excluding carboxylic acids is 2. The molecule has 1 unspecified atom stereocenters. The lowest BCUT2D eigenvalue weighted by molar-refractivity contribution is -0.135. The van der Waals surface area contributed by atoms with E-state index in [2.05, 4.69) is 20.4 Å². The minimum atomic E-state index is -0.799. The molecular formula is C21H17N5O5. The molecule has 1 saturated heterocycles. The van der Waals surface area contributed by atoms with Crippen LogP contribution in [0.3, 0.4) is 0 Å². The number of nitrogens with one attached hydrogen (secondary N) is 1. The summed E-state index contributed by atoms with van der Waals surface area (Å²) in [5.41, 5.74) is 3.29. The van der Waals surface area contributed by atoms with Crippen molar-refractivity contribution in [2.45, 2.75) is 32.2 Å². The van der Waals surface area contributed by atoms with Gasteiger partial charge in [-0.3, -0.25) is 24.5 Å². The van der Waals surface area contributed by atoms with Crippen LogP contribution in [0, 0.1) is 6.92 Å². The van der Waals surface area contributed by atoms with E-state index in [4.69, 9.17) is 8.94 Å². The lowest BCUT2D eigenvalue weighted by atomic mass is 10.1. The summed E-state index contributed by atoms with van der Waals surface area (Å²) in [5, 5.41) is 6.29. The number of pyridine rings is 1. The number of aryl methyl sites for hydroxylation is 1. The zero-order valence-electron chi connectivity index (χ0n) is 16.5. The first kappa shape index (κ1) is 18.9. The Kier molecular flexibility index (Phi) is 4.46. The van der Waals surface area contributed by atoms with Crippen molar-refractivity contribution in [2.75, 3.05) is 0 Å². The number of oxazole rings is 1. The monoisotopic (exact) mass is 419 g/mol. The molecule has 1 aliphatic heterocycles. The van der Waals surface area contributed by atoms with Gasteiger partial charge < -0.3 is 8.94 Å². The van der Waals surface area contributed by atoms with Gasteiger partial charge in [0.2, 0.25) is 23.5 Å². The predicted molar refractivity (Wildman–Crippen MR) is 107 cm³/mol. The smallest absolute Gasteiger partial charge is 0.408 e. The van der Waals surface area contributed by atoms with Gasteiger partial charge in [-0.25, -0.2) is 4.79 Å². The standard InChI is InChI=1S/C21H17N5O5/c1-11-8-13(6-7-22-11)19-24-18(31-25-19)10-12-2-4-16-15(9-12)26(21(29)30-16)14-3-5-17(27)23-20(14)28/h2,4,6-9,14H,3,5,10H2,1H3,(H,23,27,28). The van der Waals surface area contributed by atoms with Gasteiger partial charge in [0.15, 0.2) is 5.58 Å². The fourth-order valence-electron chi connectivity index (χ4n) is 3.72. The quantitative estimate of drug-likeness (QED) is 0.496. The third-order valence-electron chi connectivity index (χ3n) is 5.18. The minimum absolute atomic E-state index is 0.161. The lowest BCUT2D eigenvalue weighted by Gasteiger charge is -2.21. The molecule has 10 nitrogen and oxygen atoms in total. The summed E-state index contributed by atoms with van der Waals surface area (Å²) in [7, 11) is 0. The second-order valence-corrected chi connectivity index (χ2v) is 7.38. The topological polar surface area (TPSA) is 133 Å². The van der Waals surface area contributed by atoms with Crippen LogP contribution in [0.4, 0.5) is 0 Å². The molecule has 3 aromatic heterocycles. The number of imide groups is 1. The summed E-state index contributed by atoms with van der Waals surface area (Å²) in [6, 6.07) is 8.08. The molecule has 0 saturated carbocycles. The van der Waals surface area contributed by atoms with E-state index < -0.39 is 17.7 Å². The Hall–Kier alpha value is -4.08. The average Bonchev–Trinajstić information content (AvgIpc) is 3.32. The van der Waals surface area contributed by atoms with Crippen LogP contribution in [-0.4, -0.2) is 31.5 Å². The summed E-state index contributed by atoms with van der Waals surface area (Å²) < 4.78 is 12.0. The average molecular weight is 419 g/mol. The van der Waals surface area contributed by atoms with Crippen molar-refractivity contribution in [3.63, 3.8) is 0 Å². The molecule has 2 amide bonds. The van der Waals surface area contributed by atoms with Crippen molar-refractivity contribution in [1.82, 2.24) is 25.0 Å². The molecule has 1 aromatic carbocycles. The number of benzene rings is 1. The minimum Gasteiger partial charge on any atom is -0.408 e. The van der Waals surface area contributed by atoms with Crippen molar-refractivity contribution in [3.8, 4) is 11.4 Å². The summed E-state index contributed by atoms with van der Waals surface area (Å²) >= 11 is 0. The van der Waals surface area contributed by atoms with E-state index in [-0.39, 0.29) is 18.7 Å². The number of amides is 2. The molecule has 0 radical (unpaired) electrons. The van der Waals surface area contributed by atoms with Crippen LogP contribution in [-0.2, 0) is 16.0 Å². The third-order valence-corrected chi connectivity index (χ3v) is 5.18. The first-order chi connectivity index (χ1) is 15.0. The van der Waals surface area contributed by atoms with Crippen molar-refractivity contribution < 1.29 is 18.5 Å². The highest BCUT2D eigenvalue weighted by Gasteiger charge is 2.31. The number of fused-ring (bicyclic) bond motifs is 1. The van der Waals surface area contributed by atoms with Crippen molar-refractivity contribution in [1.29, 1.82) is 0 Å². The van der Waals surface area contributed by atoms with Gasteiger partial charge in [0.25, 0.3) is 0 Å². The Bertz CT molecular complexity index is 1380. The number of nitrogens with zero attached hydrogens (tertiary/aromatic N) is 4. The van der Waals surface area contributed by atoms with Gasteiger partial charge in [0, 0.05) is 23.9 Å². The second-order valence-electron chi connectivity index (χ2n) is 7.38. The molecule has 0 spiro atoms. The molecule has 0 bridgehead atoms. The fourth-order valence-corrected chi connectivity index (χ4v) is 3.72. The molecule has 4 heterocycles. The third kappa shape index (κ3) is 3.52. The summed E-state index contributed by atoms with van der Waals surface area (Å²) in [4.78, 5) is 44.7. The predicted octanol–water partition coefficient (Wildman–Crippen LogP) is 1.92. The van der Waals surface area contributed by atoms with Gasteiger partial charge >= 0.3 is 5.76 Å². The summed E-state index contributed by atoms with van der Waals surface area (Å²) in [6.45, 7) is 1.88. The van der Waals surface area contributed by atoms with Crippen LogP contribution >= 0.6 is 0 Å². The van der Waals surface area contributed by atoms with E-state index in [1.165, 1.54) is 4.57 Å². The molecule has 1 N–H and O–H groups in total. The van der Waals surface area contributed by atoms with E-state index in [0.29, 0.717) is 29.2 Å². The maximum absolute atomic E-state index is 12.4. The van der Waals surface area contributed by atoms with Crippen molar-refractivity contribution in [2.24, 2.45) is 0 Å². The number of piperidine rings is 1. The number of rotatable bonds is 4. The zero-order valence-corrected chi connectivity index (χ0v) is 16.5. The van der Waals surface area contributed by atoms with Gasteiger partial charge in [0.05, 0.1) is 11.9 Å². The molecule has 31 heavy (non-hydrogen) atoms. The molecule has 10 heteroatoms. The van der Waals surface area contributed by atoms with E-state index in [1.807, 2.05) is 13.0 Å². The van der Waals surface area contributed by atoms with Crippen LogP contribution in [0.5, 0.6) is 0 Å². The Morgan fingerprint density at radius 2 is 2.06 bits per heavy atom. The second kappa shape index (κ2) is 7.31. The molecular weight excluding hydrogens is 402 g/mol. The first-order valence-electron chi connectivity index (χ1n) is 9.71. The Labute approximate surface area is 174 Å². The summed E-state index contributed by atoms with van der Waals surface area (Å²) in [5.74, 6) is -0.637. The van der Waals surface area contributed by atoms with Crippen LogP contribution in [0.15, 0.2) is 50.3 Å². The van der Waals surface area contributed by atoms with E-state index >= 15 is 0 Å². The summed E-state index contributed by atoms with van der Waals surface area (Å²) in [6.07, 6.45) is 2.42. The van der Waals surface area contributed by atoms with Gasteiger partial charge in [-0.05, 0) is 43.2 Å². The fraction of sp³-hybridized carbons (Fsp3) is 0.238. The van der Waals surface area contributed by atoms with Crippen LogP contribution in [0.1, 0.15) is 36.0 Å². The normalized spacial score (nSPS) is 16.6. The SMILES string of the molecule is Cc1cc(-c2noc(Cc3ccc4oc(=O)n(C5CCC(=O)NC5=O)c4c3)n2)ccn1. The molecule has 1 fully saturated rings. The molecule has 156 valence electrons. The number of hydrogen-bond donors (Lipinski definition) is 1. The first-order valence-corrected chi connectivity index (χ1v) is 9.71. The number of aromatic nitrogens is 4. The van der Waals surface area contributed by atoms with Crippen LogP contribution < -0.4 is 11.1 Å². The molecule has 1 atom stereocenters. The molecule has 0 aliphatic carbocycles. The van der Waals surface area contributed by atoms with Gasteiger partial charge in [0.1, 0.15) is 6.04 Å². The van der Waals surface area contributed by atoms with E-state index in [1.54, 1.807) is 30.5 Å². The Morgan fingerprint density at radius 1 is 1.19 bits per heavy atom. The number of carbonyl (C=O) groups is 2. The Balaban J connectivity index is 1.46.